The number of rotatable bonds is 2. The zero-order valence-electron chi connectivity index (χ0n) is 10.2. The molecule has 0 atom stereocenters. The Balaban J connectivity index is 2.12. The van der Waals surface area contributed by atoms with Crippen molar-refractivity contribution in [1.29, 1.82) is 0 Å². The molecule has 1 N–H and O–H groups in total. The number of carbonyl (C=O) groups is 1. The number of urea groups is 1. The second kappa shape index (κ2) is 6.08. The lowest BCUT2D eigenvalue weighted by atomic mass is 10.3. The summed E-state index contributed by atoms with van der Waals surface area (Å²) in [5.74, 6) is 0. The van der Waals surface area contributed by atoms with E-state index in [0.29, 0.717) is 10.7 Å². The predicted molar refractivity (Wildman–Crippen MR) is 83.0 cm³/mol. The molecule has 0 bridgehead atoms. The van der Waals surface area contributed by atoms with Crippen LogP contribution in [0.15, 0.2) is 53.0 Å². The van der Waals surface area contributed by atoms with Gasteiger partial charge in [-0.3, -0.25) is 4.90 Å². The molecule has 0 radical (unpaired) electrons. The summed E-state index contributed by atoms with van der Waals surface area (Å²) in [6.45, 7) is 0. The lowest BCUT2D eigenvalue weighted by molar-refractivity contribution is 0.258. The molecule has 0 aliphatic carbocycles. The van der Waals surface area contributed by atoms with Crippen LogP contribution in [0.1, 0.15) is 0 Å². The highest BCUT2D eigenvalue weighted by atomic mass is 79.9. The molecule has 0 spiro atoms. The predicted octanol–water partition coefficient (Wildman–Crippen LogP) is 4.77. The van der Waals surface area contributed by atoms with Gasteiger partial charge in [0.25, 0.3) is 0 Å². The maximum atomic E-state index is 12.1. The fourth-order valence-corrected chi connectivity index (χ4v) is 2.15. The molecule has 0 aliphatic rings. The molecular weight excluding hydrogens is 328 g/mol. The molecule has 0 saturated heterocycles. The SMILES string of the molecule is CN(C(=O)Nc1cccc(Cl)c1)c1cccc(Br)c1. The maximum absolute atomic E-state index is 12.1. The van der Waals surface area contributed by atoms with E-state index in [1.807, 2.05) is 24.3 Å². The Kier molecular flexibility index (Phi) is 4.45. The number of hydrogen-bond acceptors (Lipinski definition) is 1. The molecule has 3 nitrogen and oxygen atoms in total. The molecule has 5 heteroatoms. The average molecular weight is 340 g/mol. The Morgan fingerprint density at radius 2 is 1.95 bits per heavy atom. The summed E-state index contributed by atoms with van der Waals surface area (Å²) in [6, 6.07) is 14.3. The average Bonchev–Trinajstić information content (AvgIpc) is 2.38. The third-order valence-corrected chi connectivity index (χ3v) is 3.30. The molecule has 2 aromatic rings. The van der Waals surface area contributed by atoms with Crippen molar-refractivity contribution in [1.82, 2.24) is 0 Å². The molecule has 0 heterocycles. The summed E-state index contributed by atoms with van der Waals surface area (Å²) in [7, 11) is 1.71. The summed E-state index contributed by atoms with van der Waals surface area (Å²) in [6.07, 6.45) is 0. The zero-order valence-corrected chi connectivity index (χ0v) is 12.6. The van der Waals surface area contributed by atoms with Crippen LogP contribution in [0, 0.1) is 0 Å². The molecule has 98 valence electrons. The summed E-state index contributed by atoms with van der Waals surface area (Å²) < 4.78 is 0.924. The van der Waals surface area contributed by atoms with E-state index in [-0.39, 0.29) is 6.03 Å². The van der Waals surface area contributed by atoms with E-state index in [9.17, 15) is 4.79 Å². The topological polar surface area (TPSA) is 32.3 Å². The Morgan fingerprint density at radius 1 is 1.21 bits per heavy atom. The first-order valence-corrected chi connectivity index (χ1v) is 6.79. The molecule has 0 saturated carbocycles. The van der Waals surface area contributed by atoms with Crippen LogP contribution in [-0.4, -0.2) is 13.1 Å². The third-order valence-electron chi connectivity index (χ3n) is 2.58. The van der Waals surface area contributed by atoms with Gasteiger partial charge in [-0.1, -0.05) is 39.7 Å². The lowest BCUT2D eigenvalue weighted by Gasteiger charge is -2.18. The van der Waals surface area contributed by atoms with Gasteiger partial charge in [0.2, 0.25) is 0 Å². The third kappa shape index (κ3) is 3.72. The van der Waals surface area contributed by atoms with Crippen LogP contribution in [0.25, 0.3) is 0 Å². The number of amides is 2. The fourth-order valence-electron chi connectivity index (χ4n) is 1.58. The standard InChI is InChI=1S/C14H12BrClN2O/c1-18(13-7-2-4-10(15)8-13)14(19)17-12-6-3-5-11(16)9-12/h2-9H,1H3,(H,17,19). The van der Waals surface area contributed by atoms with Crippen molar-refractivity contribution in [3.8, 4) is 0 Å². The number of nitrogens with zero attached hydrogens (tertiary/aromatic N) is 1. The van der Waals surface area contributed by atoms with E-state index in [1.165, 1.54) is 4.90 Å². The van der Waals surface area contributed by atoms with Gasteiger partial charge in [-0.15, -0.1) is 0 Å². The molecule has 2 aromatic carbocycles. The summed E-state index contributed by atoms with van der Waals surface area (Å²) in [5.41, 5.74) is 1.47. The largest absolute Gasteiger partial charge is 0.326 e. The number of halogens is 2. The number of anilines is 2. The van der Waals surface area contributed by atoms with E-state index >= 15 is 0 Å². The van der Waals surface area contributed by atoms with Crippen molar-refractivity contribution in [2.45, 2.75) is 0 Å². The van der Waals surface area contributed by atoms with Crippen LogP contribution >= 0.6 is 27.5 Å². The Bertz CT molecular complexity index is 604. The molecule has 19 heavy (non-hydrogen) atoms. The van der Waals surface area contributed by atoms with Crippen LogP contribution in [0.2, 0.25) is 5.02 Å². The van der Waals surface area contributed by atoms with Crippen molar-refractivity contribution in [3.05, 3.63) is 58.0 Å². The first-order valence-electron chi connectivity index (χ1n) is 5.62. The van der Waals surface area contributed by atoms with Gasteiger partial charge in [0.15, 0.2) is 0 Å². The van der Waals surface area contributed by atoms with Crippen LogP contribution in [0.3, 0.4) is 0 Å². The Hall–Kier alpha value is -1.52. The molecule has 0 fully saturated rings. The minimum atomic E-state index is -0.222. The summed E-state index contributed by atoms with van der Waals surface area (Å²) in [4.78, 5) is 13.6. The quantitative estimate of drug-likeness (QED) is 0.839. The van der Waals surface area contributed by atoms with E-state index in [0.717, 1.165) is 10.2 Å². The van der Waals surface area contributed by atoms with Crippen molar-refractivity contribution < 1.29 is 4.79 Å². The molecule has 0 unspecified atom stereocenters. The van der Waals surface area contributed by atoms with Crippen molar-refractivity contribution in [2.75, 3.05) is 17.3 Å². The van der Waals surface area contributed by atoms with Crippen molar-refractivity contribution in [2.24, 2.45) is 0 Å². The number of benzene rings is 2. The van der Waals surface area contributed by atoms with E-state index in [2.05, 4.69) is 21.2 Å². The highest BCUT2D eigenvalue weighted by Crippen LogP contribution is 2.20. The van der Waals surface area contributed by atoms with E-state index in [4.69, 9.17) is 11.6 Å². The smallest absolute Gasteiger partial charge is 0.307 e. The molecule has 0 aromatic heterocycles. The minimum Gasteiger partial charge on any atom is -0.307 e. The Labute approximate surface area is 125 Å². The van der Waals surface area contributed by atoms with Gasteiger partial charge >= 0.3 is 6.03 Å². The van der Waals surface area contributed by atoms with Crippen LogP contribution < -0.4 is 10.2 Å². The summed E-state index contributed by atoms with van der Waals surface area (Å²) >= 11 is 9.25. The van der Waals surface area contributed by atoms with Crippen LogP contribution in [0.4, 0.5) is 16.2 Å². The number of hydrogen-bond donors (Lipinski definition) is 1. The minimum absolute atomic E-state index is 0.222. The van der Waals surface area contributed by atoms with E-state index in [1.54, 1.807) is 31.3 Å². The first-order chi connectivity index (χ1) is 9.06. The Morgan fingerprint density at radius 3 is 2.63 bits per heavy atom. The van der Waals surface area contributed by atoms with E-state index < -0.39 is 0 Å². The van der Waals surface area contributed by atoms with Crippen LogP contribution in [0.5, 0.6) is 0 Å². The normalized spacial score (nSPS) is 10.1. The second-order valence-corrected chi connectivity index (χ2v) is 5.33. The van der Waals surface area contributed by atoms with Gasteiger partial charge in [0.1, 0.15) is 0 Å². The van der Waals surface area contributed by atoms with Gasteiger partial charge < -0.3 is 5.32 Å². The first kappa shape index (κ1) is 13.9. The van der Waals surface area contributed by atoms with Gasteiger partial charge in [0, 0.05) is 27.9 Å². The molecular formula is C14H12BrClN2O. The second-order valence-electron chi connectivity index (χ2n) is 3.98. The number of carbonyl (C=O) groups excluding carboxylic acids is 1. The highest BCUT2D eigenvalue weighted by molar-refractivity contribution is 9.10. The summed E-state index contributed by atoms with van der Waals surface area (Å²) in [5, 5.41) is 3.37. The van der Waals surface area contributed by atoms with Crippen molar-refractivity contribution in [3.63, 3.8) is 0 Å². The lowest BCUT2D eigenvalue weighted by Crippen LogP contribution is -2.31. The zero-order chi connectivity index (χ0) is 13.8. The van der Waals surface area contributed by atoms with Gasteiger partial charge in [-0.25, -0.2) is 4.79 Å². The van der Waals surface area contributed by atoms with Gasteiger partial charge in [0.05, 0.1) is 0 Å². The van der Waals surface area contributed by atoms with Crippen molar-refractivity contribution >= 4 is 44.9 Å². The van der Waals surface area contributed by atoms with Gasteiger partial charge in [-0.2, -0.15) is 0 Å². The molecule has 2 rings (SSSR count). The van der Waals surface area contributed by atoms with Crippen LogP contribution in [-0.2, 0) is 0 Å². The molecule has 2 amide bonds. The van der Waals surface area contributed by atoms with Gasteiger partial charge in [-0.05, 0) is 36.4 Å². The number of nitrogens with one attached hydrogen (secondary N) is 1. The fraction of sp³-hybridized carbons (Fsp3) is 0.0714. The molecule has 0 aliphatic heterocycles. The monoisotopic (exact) mass is 338 g/mol. The maximum Gasteiger partial charge on any atom is 0.326 e. The highest BCUT2D eigenvalue weighted by Gasteiger charge is 2.11.